The van der Waals surface area contributed by atoms with E-state index in [1.165, 1.54) is 11.5 Å². The van der Waals surface area contributed by atoms with Crippen LogP contribution in [0.4, 0.5) is 5.13 Å². The van der Waals surface area contributed by atoms with E-state index in [2.05, 4.69) is 26.1 Å². The van der Waals surface area contributed by atoms with Gasteiger partial charge in [-0.25, -0.2) is 4.98 Å². The molecule has 1 aliphatic heterocycles. The lowest BCUT2D eigenvalue weighted by molar-refractivity contribution is 0.189. The van der Waals surface area contributed by atoms with Crippen molar-refractivity contribution in [3.05, 3.63) is 5.82 Å². The molecule has 2 rings (SSSR count). The lowest BCUT2D eigenvalue weighted by Crippen LogP contribution is -2.47. The van der Waals surface area contributed by atoms with Crippen LogP contribution in [0.15, 0.2) is 0 Å². The summed E-state index contributed by atoms with van der Waals surface area (Å²) in [5, 5.41) is 9.90. The lowest BCUT2D eigenvalue weighted by atomic mass is 10.3. The maximum Gasteiger partial charge on any atom is 0.205 e. The Morgan fingerprint density at radius 1 is 1.31 bits per heavy atom. The Kier molecular flexibility index (Phi) is 4.09. The van der Waals surface area contributed by atoms with E-state index in [0.29, 0.717) is 0 Å². The first kappa shape index (κ1) is 11.8. The third kappa shape index (κ3) is 2.69. The van der Waals surface area contributed by atoms with Crippen LogP contribution in [0, 0.1) is 0 Å². The molecule has 1 N–H and O–H groups in total. The summed E-state index contributed by atoms with van der Waals surface area (Å²) in [6.07, 6.45) is 0.904. The first-order chi connectivity index (χ1) is 7.83. The number of aryl methyl sites for hydroxylation is 1. The molecule has 1 aliphatic rings. The fraction of sp³-hybridized carbons (Fsp3) is 0.800. The van der Waals surface area contributed by atoms with Gasteiger partial charge in [-0.3, -0.25) is 4.90 Å². The van der Waals surface area contributed by atoms with Gasteiger partial charge in [0.2, 0.25) is 5.13 Å². The first-order valence-corrected chi connectivity index (χ1v) is 6.51. The first-order valence-electron chi connectivity index (χ1n) is 5.74. The van der Waals surface area contributed by atoms with Gasteiger partial charge in [0.15, 0.2) is 0 Å². The molecule has 2 heterocycles. The highest BCUT2D eigenvalue weighted by Crippen LogP contribution is 2.18. The number of aliphatic hydroxyl groups excluding tert-OH is 1. The van der Waals surface area contributed by atoms with E-state index in [-0.39, 0.29) is 6.61 Å². The summed E-state index contributed by atoms with van der Waals surface area (Å²) in [6.45, 7) is 7.08. The van der Waals surface area contributed by atoms with Crippen molar-refractivity contribution in [1.29, 1.82) is 0 Å². The van der Waals surface area contributed by atoms with Crippen molar-refractivity contribution in [1.82, 2.24) is 14.3 Å². The van der Waals surface area contributed by atoms with Crippen molar-refractivity contribution in [2.75, 3.05) is 44.2 Å². The number of hydrogen-bond acceptors (Lipinski definition) is 6. The van der Waals surface area contributed by atoms with E-state index in [0.717, 1.165) is 50.1 Å². The van der Waals surface area contributed by atoms with Gasteiger partial charge in [-0.15, -0.1) is 0 Å². The number of nitrogens with zero attached hydrogens (tertiary/aromatic N) is 4. The Hall–Kier alpha value is -0.720. The molecule has 1 saturated heterocycles. The summed E-state index contributed by atoms with van der Waals surface area (Å²) in [4.78, 5) is 9.05. The molecule has 0 radical (unpaired) electrons. The summed E-state index contributed by atoms with van der Waals surface area (Å²) in [5.74, 6) is 0.942. The van der Waals surface area contributed by atoms with Crippen molar-refractivity contribution in [2.24, 2.45) is 0 Å². The normalized spacial score (nSPS) is 18.0. The molecule has 1 aromatic heterocycles. The second kappa shape index (κ2) is 5.56. The van der Waals surface area contributed by atoms with Gasteiger partial charge in [0.25, 0.3) is 0 Å². The van der Waals surface area contributed by atoms with Crippen LogP contribution in [0.1, 0.15) is 12.7 Å². The Morgan fingerprint density at radius 2 is 2.06 bits per heavy atom. The third-order valence-corrected chi connectivity index (χ3v) is 3.65. The van der Waals surface area contributed by atoms with E-state index in [4.69, 9.17) is 5.11 Å². The largest absolute Gasteiger partial charge is 0.395 e. The lowest BCUT2D eigenvalue weighted by Gasteiger charge is -2.33. The molecule has 5 nitrogen and oxygen atoms in total. The second-order valence-corrected chi connectivity index (χ2v) is 4.63. The van der Waals surface area contributed by atoms with Gasteiger partial charge in [-0.05, 0) is 0 Å². The summed E-state index contributed by atoms with van der Waals surface area (Å²) < 4.78 is 4.30. The molecule has 1 fully saturated rings. The highest BCUT2D eigenvalue weighted by Gasteiger charge is 2.19. The van der Waals surface area contributed by atoms with Crippen LogP contribution < -0.4 is 4.90 Å². The Labute approximate surface area is 99.9 Å². The predicted octanol–water partition coefficient (Wildman–Crippen LogP) is 0.215. The average molecular weight is 242 g/mol. The Bertz CT molecular complexity index is 322. The quantitative estimate of drug-likeness (QED) is 0.818. The van der Waals surface area contributed by atoms with Crippen LogP contribution >= 0.6 is 11.5 Å². The standard InChI is InChI=1S/C10H18N4OS/c1-2-9-11-10(16-12-9)14-5-3-13(4-6-14)7-8-15/h15H,2-8H2,1H3. The molecular formula is C10H18N4OS. The molecule has 0 aliphatic carbocycles. The fourth-order valence-electron chi connectivity index (χ4n) is 1.82. The number of hydrogen-bond donors (Lipinski definition) is 1. The molecular weight excluding hydrogens is 224 g/mol. The van der Waals surface area contributed by atoms with Crippen LogP contribution in [0.25, 0.3) is 0 Å². The minimum absolute atomic E-state index is 0.249. The van der Waals surface area contributed by atoms with Gasteiger partial charge in [0.05, 0.1) is 6.61 Å². The molecule has 0 unspecified atom stereocenters. The van der Waals surface area contributed by atoms with E-state index in [1.54, 1.807) is 0 Å². The molecule has 1 aromatic rings. The summed E-state index contributed by atoms with van der Waals surface area (Å²) >= 11 is 1.49. The van der Waals surface area contributed by atoms with Gasteiger partial charge >= 0.3 is 0 Å². The van der Waals surface area contributed by atoms with E-state index in [9.17, 15) is 0 Å². The van der Waals surface area contributed by atoms with Crippen molar-refractivity contribution >= 4 is 16.7 Å². The van der Waals surface area contributed by atoms with Crippen LogP contribution in [0.2, 0.25) is 0 Å². The zero-order valence-electron chi connectivity index (χ0n) is 9.59. The molecule has 0 atom stereocenters. The van der Waals surface area contributed by atoms with Gasteiger partial charge in [0, 0.05) is 50.7 Å². The minimum Gasteiger partial charge on any atom is -0.395 e. The number of anilines is 1. The zero-order chi connectivity index (χ0) is 11.4. The van der Waals surface area contributed by atoms with Crippen LogP contribution in [-0.2, 0) is 6.42 Å². The van der Waals surface area contributed by atoms with Crippen LogP contribution in [-0.4, -0.2) is 58.7 Å². The van der Waals surface area contributed by atoms with Gasteiger partial charge in [-0.2, -0.15) is 4.37 Å². The zero-order valence-corrected chi connectivity index (χ0v) is 10.4. The second-order valence-electron chi connectivity index (χ2n) is 3.90. The van der Waals surface area contributed by atoms with Gasteiger partial charge in [-0.1, -0.05) is 6.92 Å². The van der Waals surface area contributed by atoms with Crippen molar-refractivity contribution < 1.29 is 5.11 Å². The summed E-state index contributed by atoms with van der Waals surface area (Å²) in [6, 6.07) is 0. The third-order valence-electron chi connectivity index (χ3n) is 2.83. The van der Waals surface area contributed by atoms with Crippen molar-refractivity contribution in [3.8, 4) is 0 Å². The molecule has 90 valence electrons. The van der Waals surface area contributed by atoms with Crippen LogP contribution in [0.5, 0.6) is 0 Å². The monoisotopic (exact) mass is 242 g/mol. The molecule has 0 aromatic carbocycles. The molecule has 6 heteroatoms. The summed E-state index contributed by atoms with van der Waals surface area (Å²) in [5.41, 5.74) is 0. The topological polar surface area (TPSA) is 52.5 Å². The van der Waals surface area contributed by atoms with Crippen LogP contribution in [0.3, 0.4) is 0 Å². The van der Waals surface area contributed by atoms with E-state index >= 15 is 0 Å². The maximum absolute atomic E-state index is 8.86. The van der Waals surface area contributed by atoms with Crippen molar-refractivity contribution in [3.63, 3.8) is 0 Å². The number of rotatable bonds is 4. The van der Waals surface area contributed by atoms with E-state index < -0.39 is 0 Å². The highest BCUT2D eigenvalue weighted by atomic mass is 32.1. The number of aromatic nitrogens is 2. The molecule has 0 amide bonds. The van der Waals surface area contributed by atoms with Crippen molar-refractivity contribution in [2.45, 2.75) is 13.3 Å². The molecule has 0 spiro atoms. The summed E-state index contributed by atoms with van der Waals surface area (Å²) in [7, 11) is 0. The SMILES string of the molecule is CCc1nsc(N2CCN(CCO)CC2)n1. The minimum atomic E-state index is 0.249. The Morgan fingerprint density at radius 3 is 2.62 bits per heavy atom. The predicted molar refractivity (Wildman–Crippen MR) is 65.0 cm³/mol. The van der Waals surface area contributed by atoms with Gasteiger partial charge < -0.3 is 10.0 Å². The highest BCUT2D eigenvalue weighted by molar-refractivity contribution is 7.09. The van der Waals surface area contributed by atoms with Gasteiger partial charge in [0.1, 0.15) is 5.82 Å². The molecule has 0 saturated carbocycles. The Balaban J connectivity index is 1.88. The molecule has 16 heavy (non-hydrogen) atoms. The van der Waals surface area contributed by atoms with E-state index in [1.807, 2.05) is 0 Å². The number of β-amino-alcohol motifs (C(OH)–C–C–N with tert-alkyl or cyclic N) is 1. The average Bonchev–Trinajstić information content (AvgIpc) is 2.79. The molecule has 0 bridgehead atoms. The maximum atomic E-state index is 8.86. The number of piperazine rings is 1. The fourth-order valence-corrected chi connectivity index (χ4v) is 2.62. The number of aliphatic hydroxyl groups is 1. The smallest absolute Gasteiger partial charge is 0.205 e.